The van der Waals surface area contributed by atoms with Crippen LogP contribution in [0.15, 0.2) is 0 Å². The summed E-state index contributed by atoms with van der Waals surface area (Å²) in [5.41, 5.74) is 5.24. The lowest BCUT2D eigenvalue weighted by molar-refractivity contribution is -0.122. The zero-order chi connectivity index (χ0) is 17.2. The largest absolute Gasteiger partial charge is 0.393 e. The second-order valence-electron chi connectivity index (χ2n) is 6.67. The molecule has 3 N–H and O–H groups in total. The highest BCUT2D eigenvalue weighted by Gasteiger charge is 2.03. The maximum atomic E-state index is 11.2. The molecule has 0 heterocycles. The highest BCUT2D eigenvalue weighted by molar-refractivity contribution is 5.75. The number of hydrogen-bond donors (Lipinski definition) is 3. The van der Waals surface area contributed by atoms with Gasteiger partial charge >= 0.3 is 0 Å². The Morgan fingerprint density at radius 3 is 1.83 bits per heavy atom. The third kappa shape index (κ3) is 17.6. The monoisotopic (exact) mass is 328 g/mol. The van der Waals surface area contributed by atoms with E-state index in [1.807, 2.05) is 0 Å². The van der Waals surface area contributed by atoms with Crippen molar-refractivity contribution in [1.29, 1.82) is 0 Å². The van der Waals surface area contributed by atoms with Crippen molar-refractivity contribution in [3.63, 3.8) is 0 Å². The zero-order valence-electron chi connectivity index (χ0n) is 15.5. The van der Waals surface area contributed by atoms with Crippen LogP contribution in [0.3, 0.4) is 0 Å². The number of carbonyl (C=O) groups excluding carboxylic acids is 1. The summed E-state index contributed by atoms with van der Waals surface area (Å²) < 4.78 is 0. The van der Waals surface area contributed by atoms with Crippen molar-refractivity contribution in [2.24, 2.45) is 0 Å². The van der Waals surface area contributed by atoms with Crippen molar-refractivity contribution in [2.75, 3.05) is 7.05 Å². The van der Waals surface area contributed by atoms with Crippen molar-refractivity contribution in [2.45, 2.75) is 109 Å². The molecule has 0 aromatic carbocycles. The summed E-state index contributed by atoms with van der Waals surface area (Å²) in [5.74, 6) is 0.0840. The summed E-state index contributed by atoms with van der Waals surface area (Å²) >= 11 is 0. The lowest BCUT2D eigenvalue weighted by atomic mass is 10.0. The summed E-state index contributed by atoms with van der Waals surface area (Å²) in [6.45, 7) is 2.22. The van der Waals surface area contributed by atoms with Crippen LogP contribution in [0.4, 0.5) is 0 Å². The van der Waals surface area contributed by atoms with Crippen LogP contribution < -0.4 is 10.9 Å². The molecular weight excluding hydrogens is 288 g/mol. The number of hydrogen-bond acceptors (Lipinski definition) is 3. The molecule has 4 nitrogen and oxygen atoms in total. The predicted octanol–water partition coefficient (Wildman–Crippen LogP) is 4.47. The van der Waals surface area contributed by atoms with Gasteiger partial charge in [-0.1, -0.05) is 77.6 Å². The van der Waals surface area contributed by atoms with Gasteiger partial charge in [0.15, 0.2) is 0 Å². The first-order valence-electron chi connectivity index (χ1n) is 9.84. The van der Waals surface area contributed by atoms with E-state index < -0.39 is 0 Å². The van der Waals surface area contributed by atoms with Crippen molar-refractivity contribution >= 4 is 5.91 Å². The molecule has 0 aliphatic carbocycles. The van der Waals surface area contributed by atoms with E-state index >= 15 is 0 Å². The van der Waals surface area contributed by atoms with E-state index in [0.717, 1.165) is 25.7 Å². The van der Waals surface area contributed by atoms with Gasteiger partial charge < -0.3 is 5.11 Å². The van der Waals surface area contributed by atoms with Crippen LogP contribution in [0.5, 0.6) is 0 Å². The maximum absolute atomic E-state index is 11.2. The highest BCUT2D eigenvalue weighted by atomic mass is 16.3. The average molecular weight is 329 g/mol. The average Bonchev–Trinajstić information content (AvgIpc) is 2.53. The Morgan fingerprint density at radius 2 is 1.30 bits per heavy atom. The van der Waals surface area contributed by atoms with E-state index in [4.69, 9.17) is 0 Å². The van der Waals surface area contributed by atoms with Gasteiger partial charge in [0, 0.05) is 13.5 Å². The van der Waals surface area contributed by atoms with E-state index in [1.165, 1.54) is 64.2 Å². The number of rotatable bonds is 17. The summed E-state index contributed by atoms with van der Waals surface area (Å²) in [6, 6.07) is 0. The number of nitrogens with one attached hydrogen (secondary N) is 2. The molecule has 4 heteroatoms. The summed E-state index contributed by atoms with van der Waals surface area (Å²) in [7, 11) is 1.71. The number of amides is 1. The molecule has 0 fully saturated rings. The lowest BCUT2D eigenvalue weighted by Crippen LogP contribution is -2.33. The molecule has 1 amide bonds. The molecular formula is C19H40N2O2. The summed E-state index contributed by atoms with van der Waals surface area (Å²) in [4.78, 5) is 11.2. The van der Waals surface area contributed by atoms with Gasteiger partial charge in [-0.2, -0.15) is 0 Å². The van der Waals surface area contributed by atoms with Gasteiger partial charge in [0.25, 0.3) is 0 Å². The van der Waals surface area contributed by atoms with E-state index in [2.05, 4.69) is 17.8 Å². The first kappa shape index (κ1) is 22.4. The van der Waals surface area contributed by atoms with Crippen LogP contribution >= 0.6 is 0 Å². The van der Waals surface area contributed by atoms with Crippen LogP contribution in [0.25, 0.3) is 0 Å². The van der Waals surface area contributed by atoms with E-state index in [9.17, 15) is 9.90 Å². The Morgan fingerprint density at radius 1 is 0.826 bits per heavy atom. The minimum absolute atomic E-state index is 0.0735. The normalized spacial score (nSPS) is 12.3. The fraction of sp³-hybridized carbons (Fsp3) is 0.947. The van der Waals surface area contributed by atoms with E-state index in [1.54, 1.807) is 7.05 Å². The number of aliphatic hydroxyl groups is 1. The van der Waals surface area contributed by atoms with Crippen molar-refractivity contribution < 1.29 is 9.90 Å². The third-order valence-electron chi connectivity index (χ3n) is 4.35. The molecule has 0 aliphatic rings. The molecule has 0 radical (unpaired) electrons. The zero-order valence-corrected chi connectivity index (χ0v) is 15.5. The van der Waals surface area contributed by atoms with Crippen LogP contribution in [-0.2, 0) is 4.79 Å². The molecule has 0 rings (SSSR count). The van der Waals surface area contributed by atoms with Gasteiger partial charge in [0.2, 0.25) is 5.91 Å². The number of carbonyl (C=O) groups is 1. The fourth-order valence-electron chi connectivity index (χ4n) is 2.88. The first-order chi connectivity index (χ1) is 11.2. The molecule has 0 saturated carbocycles. The summed E-state index contributed by atoms with van der Waals surface area (Å²) in [6.07, 6.45) is 17.1. The third-order valence-corrected chi connectivity index (χ3v) is 4.35. The minimum Gasteiger partial charge on any atom is -0.393 e. The van der Waals surface area contributed by atoms with Crippen LogP contribution in [-0.4, -0.2) is 24.2 Å². The molecule has 0 saturated heterocycles. The molecule has 0 unspecified atom stereocenters. The summed E-state index contributed by atoms with van der Waals surface area (Å²) in [5, 5.41) is 9.89. The van der Waals surface area contributed by atoms with Crippen molar-refractivity contribution in [1.82, 2.24) is 10.9 Å². The SMILES string of the molecule is CCCCCC[C@@H](O)CCCCCCCCCCC(=O)NNC. The second-order valence-corrected chi connectivity index (χ2v) is 6.67. The standard InChI is InChI=1S/C19H40N2O2/c1-3-4-5-12-15-18(22)16-13-10-8-6-7-9-11-14-17-19(23)21-20-2/h18,20,22H,3-17H2,1-2H3,(H,21,23)/t18-/m1/s1. The van der Waals surface area contributed by atoms with Gasteiger partial charge in [0.1, 0.15) is 0 Å². The van der Waals surface area contributed by atoms with E-state index in [-0.39, 0.29) is 12.0 Å². The Labute approximate surface area is 143 Å². The Kier molecular flexibility index (Phi) is 17.3. The second kappa shape index (κ2) is 17.7. The smallest absolute Gasteiger partial charge is 0.234 e. The molecule has 1 atom stereocenters. The fourth-order valence-corrected chi connectivity index (χ4v) is 2.88. The van der Waals surface area contributed by atoms with Crippen LogP contribution in [0.2, 0.25) is 0 Å². The number of aliphatic hydroxyl groups excluding tert-OH is 1. The Hall–Kier alpha value is -0.610. The number of unbranched alkanes of at least 4 members (excludes halogenated alkanes) is 10. The first-order valence-corrected chi connectivity index (χ1v) is 9.84. The Balaban J connectivity index is 3.16. The molecule has 0 aliphatic heterocycles. The topological polar surface area (TPSA) is 61.4 Å². The van der Waals surface area contributed by atoms with Gasteiger partial charge in [-0.15, -0.1) is 0 Å². The van der Waals surface area contributed by atoms with Gasteiger partial charge in [-0.05, 0) is 19.3 Å². The van der Waals surface area contributed by atoms with Gasteiger partial charge in [-0.3, -0.25) is 10.2 Å². The molecule has 0 bridgehead atoms. The molecule has 0 spiro atoms. The van der Waals surface area contributed by atoms with Crippen molar-refractivity contribution in [3.8, 4) is 0 Å². The van der Waals surface area contributed by atoms with Crippen LogP contribution in [0, 0.1) is 0 Å². The quantitative estimate of drug-likeness (QED) is 0.273. The Bertz CT molecular complexity index is 260. The highest BCUT2D eigenvalue weighted by Crippen LogP contribution is 2.14. The van der Waals surface area contributed by atoms with Crippen molar-refractivity contribution in [3.05, 3.63) is 0 Å². The van der Waals surface area contributed by atoms with E-state index in [0.29, 0.717) is 6.42 Å². The van der Waals surface area contributed by atoms with Gasteiger partial charge in [-0.25, -0.2) is 5.43 Å². The maximum Gasteiger partial charge on any atom is 0.234 e. The minimum atomic E-state index is -0.0735. The molecule has 0 aromatic rings. The lowest BCUT2D eigenvalue weighted by Gasteiger charge is -2.10. The molecule has 23 heavy (non-hydrogen) atoms. The van der Waals surface area contributed by atoms with Crippen LogP contribution in [0.1, 0.15) is 103 Å². The number of hydrazine groups is 1. The van der Waals surface area contributed by atoms with Gasteiger partial charge in [0.05, 0.1) is 6.10 Å². The predicted molar refractivity (Wildman–Crippen MR) is 98.1 cm³/mol. The molecule has 0 aromatic heterocycles. The molecule has 138 valence electrons.